The van der Waals surface area contributed by atoms with Crippen molar-refractivity contribution in [2.45, 2.75) is 17.8 Å². The molecule has 0 aliphatic rings. The molecule has 0 bridgehead atoms. The molecule has 0 saturated carbocycles. The Labute approximate surface area is 182 Å². The highest BCUT2D eigenvalue weighted by molar-refractivity contribution is 7.98. The van der Waals surface area contributed by atoms with Gasteiger partial charge in [-0.05, 0) is 49.4 Å². The summed E-state index contributed by atoms with van der Waals surface area (Å²) < 4.78 is 1.64. The second-order valence-electron chi connectivity index (χ2n) is 6.54. The highest BCUT2D eigenvalue weighted by atomic mass is 32.2. The van der Waals surface area contributed by atoms with Crippen molar-refractivity contribution in [3.63, 3.8) is 0 Å². The fraction of sp³-hybridized carbons (Fsp3) is 0.0909. The van der Waals surface area contributed by atoms with E-state index in [1.54, 1.807) is 47.4 Å². The fourth-order valence-corrected chi connectivity index (χ4v) is 3.65. The summed E-state index contributed by atoms with van der Waals surface area (Å²) in [5, 5.41) is 11.8. The van der Waals surface area contributed by atoms with Crippen LogP contribution in [0.1, 0.15) is 33.5 Å². The van der Waals surface area contributed by atoms with Crippen LogP contribution in [0.3, 0.4) is 0 Å². The van der Waals surface area contributed by atoms with Crippen LogP contribution in [0.25, 0.3) is 5.69 Å². The van der Waals surface area contributed by atoms with Crippen molar-refractivity contribution in [3.05, 3.63) is 90.0 Å². The first-order valence-corrected chi connectivity index (χ1v) is 10.4. The van der Waals surface area contributed by atoms with Crippen molar-refractivity contribution in [2.24, 2.45) is 0 Å². The van der Waals surface area contributed by atoms with Crippen molar-refractivity contribution in [1.29, 1.82) is 0 Å². The Morgan fingerprint density at radius 3 is 2.35 bits per heavy atom. The standard InChI is InChI=1S/C22H18N6O2S/c1-15(29)16-8-10-17(11-9-16)25-21(30)20-19(14-31-22-23-12-5-13-24-22)28(27-26-20)18-6-3-2-4-7-18/h2-13H,14H2,1H3,(H,25,30). The molecule has 0 aliphatic heterocycles. The van der Waals surface area contributed by atoms with Crippen LogP contribution in [0.4, 0.5) is 5.69 Å². The minimum absolute atomic E-state index is 0.0360. The fourth-order valence-electron chi connectivity index (χ4n) is 2.86. The van der Waals surface area contributed by atoms with Crippen LogP contribution in [0, 0.1) is 0 Å². The average molecular weight is 430 g/mol. The van der Waals surface area contributed by atoms with E-state index in [9.17, 15) is 9.59 Å². The summed E-state index contributed by atoms with van der Waals surface area (Å²) in [6, 6.07) is 17.9. The second kappa shape index (κ2) is 9.31. The summed E-state index contributed by atoms with van der Waals surface area (Å²) in [5.41, 5.74) is 2.77. The Balaban J connectivity index is 1.62. The van der Waals surface area contributed by atoms with E-state index in [-0.39, 0.29) is 17.4 Å². The third-order valence-electron chi connectivity index (χ3n) is 4.41. The van der Waals surface area contributed by atoms with E-state index in [4.69, 9.17) is 0 Å². The maximum Gasteiger partial charge on any atom is 0.278 e. The number of carbonyl (C=O) groups is 2. The van der Waals surface area contributed by atoms with Crippen LogP contribution in [0.5, 0.6) is 0 Å². The van der Waals surface area contributed by atoms with Gasteiger partial charge in [0.1, 0.15) is 0 Å². The first-order valence-electron chi connectivity index (χ1n) is 9.44. The molecule has 4 aromatic rings. The normalized spacial score (nSPS) is 10.6. The molecule has 0 fully saturated rings. The van der Waals surface area contributed by atoms with E-state index >= 15 is 0 Å². The Morgan fingerprint density at radius 2 is 1.68 bits per heavy atom. The molecule has 0 aliphatic carbocycles. The quantitative estimate of drug-likeness (QED) is 0.270. The Hall–Kier alpha value is -3.85. The minimum atomic E-state index is -0.387. The summed E-state index contributed by atoms with van der Waals surface area (Å²) in [5.74, 6) is -0.0220. The van der Waals surface area contributed by atoms with Crippen LogP contribution >= 0.6 is 11.8 Å². The molecule has 31 heavy (non-hydrogen) atoms. The topological polar surface area (TPSA) is 103 Å². The van der Waals surface area contributed by atoms with Gasteiger partial charge >= 0.3 is 0 Å². The van der Waals surface area contributed by atoms with Gasteiger partial charge in [0.2, 0.25) is 0 Å². The number of amides is 1. The molecule has 154 valence electrons. The number of benzene rings is 2. The molecular formula is C22H18N6O2S. The number of hydrogen-bond donors (Lipinski definition) is 1. The Morgan fingerprint density at radius 1 is 0.968 bits per heavy atom. The molecule has 1 amide bonds. The molecule has 0 unspecified atom stereocenters. The van der Waals surface area contributed by atoms with Gasteiger partial charge in [-0.2, -0.15) is 0 Å². The molecule has 0 radical (unpaired) electrons. The van der Waals surface area contributed by atoms with Gasteiger partial charge in [0.25, 0.3) is 5.91 Å². The van der Waals surface area contributed by atoms with E-state index in [0.29, 0.717) is 27.9 Å². The number of carbonyl (C=O) groups excluding carboxylic acids is 2. The van der Waals surface area contributed by atoms with Gasteiger partial charge in [-0.15, -0.1) is 5.10 Å². The van der Waals surface area contributed by atoms with Crippen LogP contribution in [-0.4, -0.2) is 36.7 Å². The molecule has 2 aromatic carbocycles. The summed E-state index contributed by atoms with van der Waals surface area (Å²) in [6.07, 6.45) is 3.33. The number of nitrogens with zero attached hydrogens (tertiary/aromatic N) is 5. The first-order chi connectivity index (χ1) is 15.1. The molecule has 4 rings (SSSR count). The number of nitrogens with one attached hydrogen (secondary N) is 1. The number of para-hydroxylation sites is 1. The first kappa shape index (κ1) is 20.4. The summed E-state index contributed by atoms with van der Waals surface area (Å²) in [7, 11) is 0. The molecule has 0 atom stereocenters. The van der Waals surface area contributed by atoms with Gasteiger partial charge in [-0.25, -0.2) is 14.6 Å². The second-order valence-corrected chi connectivity index (χ2v) is 7.48. The van der Waals surface area contributed by atoms with Crippen molar-refractivity contribution < 1.29 is 9.59 Å². The number of anilines is 1. The lowest BCUT2D eigenvalue weighted by molar-refractivity contribution is 0.101. The lowest BCUT2D eigenvalue weighted by atomic mass is 10.1. The molecular weight excluding hydrogens is 412 g/mol. The SMILES string of the molecule is CC(=O)c1ccc(NC(=O)c2nnn(-c3ccccc3)c2CSc2ncccn2)cc1. The van der Waals surface area contributed by atoms with E-state index in [1.807, 2.05) is 30.3 Å². The van der Waals surface area contributed by atoms with Gasteiger partial charge in [-0.3, -0.25) is 9.59 Å². The van der Waals surface area contributed by atoms with E-state index in [1.165, 1.54) is 18.7 Å². The number of rotatable bonds is 7. The van der Waals surface area contributed by atoms with Crippen molar-refractivity contribution in [2.75, 3.05) is 5.32 Å². The highest BCUT2D eigenvalue weighted by Crippen LogP contribution is 2.23. The van der Waals surface area contributed by atoms with Crippen molar-refractivity contribution in [3.8, 4) is 5.69 Å². The number of Topliss-reactive ketones (excluding diaryl/α,β-unsaturated/α-hetero) is 1. The van der Waals surface area contributed by atoms with Crippen LogP contribution in [0.15, 0.2) is 78.2 Å². The van der Waals surface area contributed by atoms with Crippen molar-refractivity contribution in [1.82, 2.24) is 25.0 Å². The maximum atomic E-state index is 13.0. The number of thioether (sulfide) groups is 1. The van der Waals surface area contributed by atoms with Gasteiger partial charge in [0.15, 0.2) is 16.6 Å². The third kappa shape index (κ3) is 4.84. The highest BCUT2D eigenvalue weighted by Gasteiger charge is 2.21. The van der Waals surface area contributed by atoms with E-state index < -0.39 is 0 Å². The molecule has 0 saturated heterocycles. The average Bonchev–Trinajstić information content (AvgIpc) is 3.23. The Bertz CT molecular complexity index is 1190. The molecule has 8 nitrogen and oxygen atoms in total. The summed E-state index contributed by atoms with van der Waals surface area (Å²) in [6.45, 7) is 1.50. The zero-order valence-electron chi connectivity index (χ0n) is 16.6. The predicted molar refractivity (Wildman–Crippen MR) is 117 cm³/mol. The summed E-state index contributed by atoms with van der Waals surface area (Å²) in [4.78, 5) is 32.9. The Kier molecular flexibility index (Phi) is 6.13. The summed E-state index contributed by atoms with van der Waals surface area (Å²) >= 11 is 1.39. The van der Waals surface area contributed by atoms with Gasteiger partial charge in [-0.1, -0.05) is 35.2 Å². The van der Waals surface area contributed by atoms with Gasteiger partial charge in [0, 0.05) is 29.4 Å². The van der Waals surface area contributed by atoms with E-state index in [2.05, 4.69) is 25.6 Å². The van der Waals surface area contributed by atoms with E-state index in [0.717, 1.165) is 5.69 Å². The molecule has 9 heteroatoms. The largest absolute Gasteiger partial charge is 0.321 e. The van der Waals surface area contributed by atoms with Crippen LogP contribution in [0.2, 0.25) is 0 Å². The maximum absolute atomic E-state index is 13.0. The van der Waals surface area contributed by atoms with Gasteiger partial charge < -0.3 is 5.32 Å². The predicted octanol–water partition coefficient (Wildman–Crippen LogP) is 3.80. The van der Waals surface area contributed by atoms with Crippen LogP contribution in [-0.2, 0) is 5.75 Å². The van der Waals surface area contributed by atoms with Crippen LogP contribution < -0.4 is 5.32 Å². The molecule has 2 aromatic heterocycles. The third-order valence-corrected chi connectivity index (χ3v) is 5.30. The number of aromatic nitrogens is 5. The number of ketones is 1. The van der Waals surface area contributed by atoms with Crippen molar-refractivity contribution >= 4 is 29.1 Å². The molecule has 1 N–H and O–H groups in total. The number of hydrogen-bond acceptors (Lipinski definition) is 7. The van der Waals surface area contributed by atoms with Gasteiger partial charge in [0.05, 0.1) is 11.4 Å². The lowest BCUT2D eigenvalue weighted by Crippen LogP contribution is -2.15. The molecule has 2 heterocycles. The zero-order chi connectivity index (χ0) is 21.6. The minimum Gasteiger partial charge on any atom is -0.321 e. The zero-order valence-corrected chi connectivity index (χ0v) is 17.4. The monoisotopic (exact) mass is 430 g/mol. The lowest BCUT2D eigenvalue weighted by Gasteiger charge is -2.08. The molecule has 0 spiro atoms. The smallest absolute Gasteiger partial charge is 0.278 e.